The zero-order valence-electron chi connectivity index (χ0n) is 6.04. The quantitative estimate of drug-likeness (QED) is 0.454. The average Bonchev–Trinajstić information content (AvgIpc) is 2.03. The molecule has 62 valence electrons. The summed E-state index contributed by atoms with van der Waals surface area (Å²) in [6.45, 7) is -0.0331. The summed E-state index contributed by atoms with van der Waals surface area (Å²) in [7, 11) is 0. The minimum Gasteiger partial charge on any atom is -0.478 e. The number of fused-ring (bicyclic) bond motifs is 1. The summed E-state index contributed by atoms with van der Waals surface area (Å²) in [6, 6.07) is 4.90. The van der Waals surface area contributed by atoms with E-state index in [1.807, 2.05) is 0 Å². The van der Waals surface area contributed by atoms with E-state index in [0.717, 1.165) is 0 Å². The monoisotopic (exact) mass is 184 g/mol. The Bertz CT molecular complexity index is 335. The Hall–Kier alpha value is -1.22. The summed E-state index contributed by atoms with van der Waals surface area (Å²) in [5.41, 5.74) is 0. The van der Waals surface area contributed by atoms with Crippen LogP contribution in [0.15, 0.2) is 18.2 Å². The van der Waals surface area contributed by atoms with E-state index in [2.05, 4.69) is 0 Å². The predicted octanol–water partition coefficient (Wildman–Crippen LogP) is 1.64. The van der Waals surface area contributed by atoms with Crippen molar-refractivity contribution in [1.29, 1.82) is 0 Å². The predicted molar refractivity (Wildman–Crippen MR) is 42.6 cm³/mol. The normalized spacial score (nSPS) is 14.6. The van der Waals surface area contributed by atoms with Crippen LogP contribution >= 0.6 is 11.6 Å². The van der Waals surface area contributed by atoms with E-state index >= 15 is 0 Å². The fourth-order valence-corrected chi connectivity index (χ4v) is 1.13. The zero-order valence-corrected chi connectivity index (χ0v) is 6.80. The van der Waals surface area contributed by atoms with Gasteiger partial charge in [-0.15, -0.1) is 0 Å². The molecule has 0 aliphatic carbocycles. The topological polar surface area (TPSA) is 35.5 Å². The first-order valence-corrected chi connectivity index (χ1v) is 3.76. The first kappa shape index (κ1) is 7.43. The molecule has 0 unspecified atom stereocenters. The molecule has 1 aromatic carbocycles. The summed E-state index contributed by atoms with van der Waals surface area (Å²) in [5, 5.41) is 0.520. The van der Waals surface area contributed by atoms with Crippen LogP contribution in [0.5, 0.6) is 11.5 Å². The van der Waals surface area contributed by atoms with Crippen LogP contribution in [0.1, 0.15) is 0 Å². The molecule has 1 aliphatic heterocycles. The maximum atomic E-state index is 10.7. The van der Waals surface area contributed by atoms with Crippen LogP contribution in [0.3, 0.4) is 0 Å². The Morgan fingerprint density at radius 1 is 1.33 bits per heavy atom. The Labute approximate surface area is 73.8 Å². The third-order valence-corrected chi connectivity index (χ3v) is 1.71. The van der Waals surface area contributed by atoms with Crippen molar-refractivity contribution in [3.63, 3.8) is 0 Å². The van der Waals surface area contributed by atoms with Gasteiger partial charge in [0.25, 0.3) is 0 Å². The number of ether oxygens (including phenoxy) is 2. The van der Waals surface area contributed by atoms with Crippen molar-refractivity contribution in [3.05, 3.63) is 23.2 Å². The van der Waals surface area contributed by atoms with E-state index in [1.54, 1.807) is 18.2 Å². The van der Waals surface area contributed by atoms with Gasteiger partial charge in [-0.1, -0.05) is 11.6 Å². The molecule has 4 heteroatoms. The molecule has 0 atom stereocenters. The highest BCUT2D eigenvalue weighted by atomic mass is 35.5. The van der Waals surface area contributed by atoms with Crippen molar-refractivity contribution in [2.75, 3.05) is 6.61 Å². The van der Waals surface area contributed by atoms with E-state index in [9.17, 15) is 4.79 Å². The molecular formula is C8H5ClO3. The van der Waals surface area contributed by atoms with Crippen molar-refractivity contribution in [3.8, 4) is 11.5 Å². The molecule has 0 radical (unpaired) electrons. The number of carbonyl (C=O) groups excluding carboxylic acids is 1. The van der Waals surface area contributed by atoms with E-state index in [1.165, 1.54) is 0 Å². The van der Waals surface area contributed by atoms with E-state index in [0.29, 0.717) is 16.5 Å². The molecule has 0 amide bonds. The number of hydrogen-bond acceptors (Lipinski definition) is 3. The number of esters is 1. The molecule has 0 fully saturated rings. The highest BCUT2D eigenvalue weighted by Crippen LogP contribution is 2.32. The molecule has 12 heavy (non-hydrogen) atoms. The van der Waals surface area contributed by atoms with Gasteiger partial charge in [-0.3, -0.25) is 0 Å². The number of rotatable bonds is 0. The van der Waals surface area contributed by atoms with Gasteiger partial charge < -0.3 is 9.47 Å². The van der Waals surface area contributed by atoms with Gasteiger partial charge in [0.05, 0.1) is 0 Å². The molecule has 1 aromatic rings. The van der Waals surface area contributed by atoms with Gasteiger partial charge in [-0.25, -0.2) is 4.79 Å². The van der Waals surface area contributed by atoms with E-state index < -0.39 is 5.97 Å². The van der Waals surface area contributed by atoms with Gasteiger partial charge in [-0.2, -0.15) is 0 Å². The summed E-state index contributed by atoms with van der Waals surface area (Å²) >= 11 is 5.68. The van der Waals surface area contributed by atoms with Crippen LogP contribution in [0.2, 0.25) is 5.02 Å². The first-order valence-electron chi connectivity index (χ1n) is 3.39. The third-order valence-electron chi connectivity index (χ3n) is 1.48. The lowest BCUT2D eigenvalue weighted by Crippen LogP contribution is -2.22. The van der Waals surface area contributed by atoms with Crippen LogP contribution in [-0.2, 0) is 4.79 Å². The maximum Gasteiger partial charge on any atom is 0.349 e. The van der Waals surface area contributed by atoms with Gasteiger partial charge in [-0.05, 0) is 12.1 Å². The number of benzene rings is 1. The van der Waals surface area contributed by atoms with Crippen molar-refractivity contribution in [2.24, 2.45) is 0 Å². The van der Waals surface area contributed by atoms with Gasteiger partial charge in [0.2, 0.25) is 0 Å². The molecule has 0 N–H and O–H groups in total. The van der Waals surface area contributed by atoms with Gasteiger partial charge in [0.15, 0.2) is 18.1 Å². The molecule has 2 rings (SSSR count). The fraction of sp³-hybridized carbons (Fsp3) is 0.125. The van der Waals surface area contributed by atoms with E-state index in [4.69, 9.17) is 21.1 Å². The second-order valence-electron chi connectivity index (χ2n) is 2.35. The Kier molecular flexibility index (Phi) is 1.66. The summed E-state index contributed by atoms with van der Waals surface area (Å²) in [6.07, 6.45) is 0. The Balaban J connectivity index is 2.44. The van der Waals surface area contributed by atoms with Gasteiger partial charge >= 0.3 is 5.97 Å². The fourth-order valence-electron chi connectivity index (χ4n) is 0.970. The lowest BCUT2D eigenvalue weighted by molar-refractivity contribution is -0.138. The second-order valence-corrected chi connectivity index (χ2v) is 2.79. The molecule has 0 saturated heterocycles. The molecule has 0 aromatic heterocycles. The van der Waals surface area contributed by atoms with Crippen LogP contribution < -0.4 is 9.47 Å². The standard InChI is InChI=1S/C8H5ClO3/c9-5-1-2-6-7(3-5)12-8(10)4-11-6/h1-3H,4H2. The highest BCUT2D eigenvalue weighted by Gasteiger charge is 2.17. The molecule has 0 bridgehead atoms. The summed E-state index contributed by atoms with van der Waals surface area (Å²) in [4.78, 5) is 10.7. The largest absolute Gasteiger partial charge is 0.478 e. The minimum atomic E-state index is -0.398. The average molecular weight is 185 g/mol. The van der Waals surface area contributed by atoms with Crippen LogP contribution in [0, 0.1) is 0 Å². The Morgan fingerprint density at radius 3 is 3.00 bits per heavy atom. The van der Waals surface area contributed by atoms with Crippen LogP contribution in [0.4, 0.5) is 0 Å². The third kappa shape index (κ3) is 1.23. The molecular weight excluding hydrogens is 180 g/mol. The van der Waals surface area contributed by atoms with Gasteiger partial charge in [0, 0.05) is 11.1 Å². The number of halogens is 1. The Morgan fingerprint density at radius 2 is 2.17 bits per heavy atom. The van der Waals surface area contributed by atoms with Crippen molar-refractivity contribution < 1.29 is 14.3 Å². The molecule has 0 saturated carbocycles. The molecule has 1 heterocycles. The molecule has 3 nitrogen and oxygen atoms in total. The van der Waals surface area contributed by atoms with Crippen molar-refractivity contribution >= 4 is 17.6 Å². The molecule has 1 aliphatic rings. The number of carbonyl (C=O) groups is 1. The van der Waals surface area contributed by atoms with Crippen molar-refractivity contribution in [1.82, 2.24) is 0 Å². The summed E-state index contributed by atoms with van der Waals surface area (Å²) < 4.78 is 9.92. The molecule has 0 spiro atoms. The smallest absolute Gasteiger partial charge is 0.349 e. The summed E-state index contributed by atoms with van der Waals surface area (Å²) in [5.74, 6) is 0.544. The zero-order chi connectivity index (χ0) is 8.55. The highest BCUT2D eigenvalue weighted by molar-refractivity contribution is 6.30. The second kappa shape index (κ2) is 2.68. The lowest BCUT2D eigenvalue weighted by Gasteiger charge is -2.15. The number of hydrogen-bond donors (Lipinski definition) is 0. The maximum absolute atomic E-state index is 10.7. The van der Waals surface area contributed by atoms with Crippen LogP contribution in [-0.4, -0.2) is 12.6 Å². The van der Waals surface area contributed by atoms with Crippen molar-refractivity contribution in [2.45, 2.75) is 0 Å². The van der Waals surface area contributed by atoms with Crippen LogP contribution in [0.25, 0.3) is 0 Å². The SMILES string of the molecule is O=C1COc2ccc(Cl)cc2O1. The first-order chi connectivity index (χ1) is 5.75. The van der Waals surface area contributed by atoms with E-state index in [-0.39, 0.29) is 6.61 Å². The van der Waals surface area contributed by atoms with Gasteiger partial charge in [0.1, 0.15) is 0 Å². The lowest BCUT2D eigenvalue weighted by atomic mass is 10.3. The minimum absolute atomic E-state index is 0.0331.